The summed E-state index contributed by atoms with van der Waals surface area (Å²) in [7, 11) is 0. The molecule has 6 heteroatoms. The zero-order chi connectivity index (χ0) is 0. The van der Waals surface area contributed by atoms with Gasteiger partial charge in [0.1, 0.15) is 0 Å². The predicted molar refractivity (Wildman–Crippen MR) is 9.45 cm³/mol. The van der Waals surface area contributed by atoms with Crippen molar-refractivity contribution in [2.24, 2.45) is 0 Å². The molecular formula is H6CoNa2NiO2. The van der Waals surface area contributed by atoms with Crippen molar-refractivity contribution in [2.75, 3.05) is 0 Å². The van der Waals surface area contributed by atoms with Crippen molar-refractivity contribution in [1.82, 2.24) is 0 Å². The maximum Gasteiger partial charge on any atom is 1.00 e. The second-order valence-corrected chi connectivity index (χ2v) is 0. The molecule has 39 valence electrons. The summed E-state index contributed by atoms with van der Waals surface area (Å²) in [5.41, 5.74) is 0. The molecule has 2 nitrogen and oxygen atoms in total. The third-order valence-corrected chi connectivity index (χ3v) is 0. The second-order valence-electron chi connectivity index (χ2n) is 0. The van der Waals surface area contributed by atoms with E-state index in [1.54, 1.807) is 0 Å². The topological polar surface area (TPSA) is 63.0 Å². The van der Waals surface area contributed by atoms with Gasteiger partial charge in [0.25, 0.3) is 0 Å². The van der Waals surface area contributed by atoms with E-state index in [2.05, 4.69) is 0 Å². The van der Waals surface area contributed by atoms with Crippen LogP contribution in [-0.2, 0) is 33.3 Å². The Morgan fingerprint density at radius 3 is 0.833 bits per heavy atom. The minimum absolute atomic E-state index is 0. The third kappa shape index (κ3) is 28.4. The van der Waals surface area contributed by atoms with Crippen LogP contribution in [0.3, 0.4) is 0 Å². The molecule has 6 heavy (non-hydrogen) atoms. The molecule has 0 aliphatic rings. The summed E-state index contributed by atoms with van der Waals surface area (Å²) < 4.78 is 0. The fourth-order valence-corrected chi connectivity index (χ4v) is 0. The summed E-state index contributed by atoms with van der Waals surface area (Å²) in [5, 5.41) is 0. The molecule has 0 aliphatic heterocycles. The fraction of sp³-hybridized carbons (Fsp3) is 0. The average Bonchev–Trinajstić information content (AvgIpc) is 0. The Labute approximate surface area is 104 Å². The first-order valence-corrected chi connectivity index (χ1v) is 0. The molecule has 0 bridgehead atoms. The summed E-state index contributed by atoms with van der Waals surface area (Å²) in [5.74, 6) is 0. The summed E-state index contributed by atoms with van der Waals surface area (Å²) in [4.78, 5) is 0. The van der Waals surface area contributed by atoms with Gasteiger partial charge in [0.15, 0.2) is 0 Å². The molecule has 0 saturated carbocycles. The predicted octanol–water partition coefficient (Wildman–Crippen LogP) is -7.42. The Kier molecular flexibility index (Phi) is 486. The first kappa shape index (κ1) is 65.6. The Morgan fingerprint density at radius 1 is 0.833 bits per heavy atom. The van der Waals surface area contributed by atoms with E-state index in [1.165, 1.54) is 0 Å². The van der Waals surface area contributed by atoms with Gasteiger partial charge in [0, 0.05) is 33.3 Å². The van der Waals surface area contributed by atoms with E-state index < -0.39 is 0 Å². The Balaban J connectivity index is 0. The van der Waals surface area contributed by atoms with Crippen LogP contribution in [-0.4, -0.2) is 11.0 Å². The number of hydrogen-bond acceptors (Lipinski definition) is 0. The van der Waals surface area contributed by atoms with E-state index >= 15 is 0 Å². The van der Waals surface area contributed by atoms with E-state index in [9.17, 15) is 0 Å². The van der Waals surface area contributed by atoms with Crippen LogP contribution in [0, 0.1) is 0 Å². The van der Waals surface area contributed by atoms with Crippen molar-refractivity contribution in [1.29, 1.82) is 0 Å². The molecule has 0 heterocycles. The zero-order valence-electron chi connectivity index (χ0n) is 5.65. The van der Waals surface area contributed by atoms with Crippen molar-refractivity contribution in [3.05, 3.63) is 0 Å². The van der Waals surface area contributed by atoms with Gasteiger partial charge in [-0.1, -0.05) is 0 Å². The zero-order valence-corrected chi connectivity index (χ0v) is 9.68. The molecular weight excluding hydrogens is 196 g/mol. The van der Waals surface area contributed by atoms with Gasteiger partial charge in [0.2, 0.25) is 0 Å². The molecule has 0 fully saturated rings. The van der Waals surface area contributed by atoms with Crippen molar-refractivity contribution < 1.29 is 106 Å². The van der Waals surface area contributed by atoms with Crippen molar-refractivity contribution in [3.63, 3.8) is 0 Å². The third-order valence-electron chi connectivity index (χ3n) is 0. The van der Waals surface area contributed by atoms with Crippen molar-refractivity contribution >= 4 is 0 Å². The summed E-state index contributed by atoms with van der Waals surface area (Å²) in [6.07, 6.45) is 0. The van der Waals surface area contributed by atoms with Crippen LogP contribution in [0.2, 0.25) is 0 Å². The molecule has 0 spiro atoms. The van der Waals surface area contributed by atoms with Gasteiger partial charge in [-0.15, -0.1) is 0 Å². The number of hydrogen-bond donors (Lipinski definition) is 0. The van der Waals surface area contributed by atoms with E-state index in [0.717, 1.165) is 0 Å². The molecule has 1 radical (unpaired) electrons. The molecule has 0 amide bonds. The van der Waals surface area contributed by atoms with Crippen LogP contribution in [0.25, 0.3) is 0 Å². The first-order chi connectivity index (χ1) is 0. The van der Waals surface area contributed by atoms with E-state index in [4.69, 9.17) is 0 Å². The molecule has 0 aromatic heterocycles. The number of rotatable bonds is 0. The summed E-state index contributed by atoms with van der Waals surface area (Å²) in [6.45, 7) is 0. The molecule has 0 aromatic carbocycles. The molecule has 0 saturated heterocycles. The van der Waals surface area contributed by atoms with E-state index in [1.807, 2.05) is 0 Å². The van der Waals surface area contributed by atoms with Crippen LogP contribution >= 0.6 is 0 Å². The average molecular weight is 202 g/mol. The van der Waals surface area contributed by atoms with Gasteiger partial charge in [-0.3, -0.25) is 0 Å². The Bertz CT molecular complexity index is 18.0. The summed E-state index contributed by atoms with van der Waals surface area (Å²) in [6, 6.07) is 0. The SMILES string of the molecule is O.O.[Co].[H-].[H-].[Na+].[Na+].[Ni]. The second kappa shape index (κ2) is 44.5. The van der Waals surface area contributed by atoms with Gasteiger partial charge in [-0.2, -0.15) is 0 Å². The Morgan fingerprint density at radius 2 is 0.833 bits per heavy atom. The molecule has 4 N–H and O–H groups in total. The maximum atomic E-state index is 0. The standard InChI is InChI=1S/Co.2Na.Ni.2H2O.2H/h;;;;2*1H2;;/q;2*+1;;;;2*-1. The van der Waals surface area contributed by atoms with Gasteiger partial charge in [-0.25, -0.2) is 0 Å². The van der Waals surface area contributed by atoms with Gasteiger partial charge in [0.05, 0.1) is 0 Å². The van der Waals surface area contributed by atoms with Crippen molar-refractivity contribution in [3.8, 4) is 0 Å². The van der Waals surface area contributed by atoms with E-state index in [-0.39, 0.29) is 106 Å². The molecule has 0 aliphatic carbocycles. The van der Waals surface area contributed by atoms with Gasteiger partial charge in [-0.05, 0) is 0 Å². The molecule has 0 unspecified atom stereocenters. The van der Waals surface area contributed by atoms with Crippen molar-refractivity contribution in [2.45, 2.75) is 0 Å². The Hall–Kier alpha value is 2.92. The monoisotopic (exact) mass is 201 g/mol. The normalized spacial score (nSPS) is 0. The largest absolute Gasteiger partial charge is 1.00 e. The van der Waals surface area contributed by atoms with E-state index in [0.29, 0.717) is 0 Å². The van der Waals surface area contributed by atoms with Crippen LogP contribution < -0.4 is 59.1 Å². The minimum atomic E-state index is 0. The maximum absolute atomic E-state index is 0. The smallest absolute Gasteiger partial charge is 1.00 e. The van der Waals surface area contributed by atoms with Crippen LogP contribution in [0.1, 0.15) is 2.85 Å². The fourth-order valence-electron chi connectivity index (χ4n) is 0. The van der Waals surface area contributed by atoms with Crippen LogP contribution in [0.15, 0.2) is 0 Å². The molecule has 0 aromatic rings. The van der Waals surface area contributed by atoms with Crippen LogP contribution in [0.4, 0.5) is 0 Å². The summed E-state index contributed by atoms with van der Waals surface area (Å²) >= 11 is 0. The first-order valence-electron chi connectivity index (χ1n) is 0. The van der Waals surface area contributed by atoms with Gasteiger partial charge < -0.3 is 13.8 Å². The van der Waals surface area contributed by atoms with Gasteiger partial charge >= 0.3 is 59.1 Å². The quantitative estimate of drug-likeness (QED) is 0.350. The molecule has 0 atom stereocenters. The van der Waals surface area contributed by atoms with Crippen LogP contribution in [0.5, 0.6) is 0 Å². The molecule has 0 rings (SSSR count). The minimum Gasteiger partial charge on any atom is -1.00 e.